The molecule has 0 rings (SSSR count). The van der Waals surface area contributed by atoms with Gasteiger partial charge in [-0.2, -0.15) is 0 Å². The quantitative estimate of drug-likeness (QED) is 0.759. The fourth-order valence-corrected chi connectivity index (χ4v) is 1.04. The topological polar surface area (TPSA) is 75.6 Å². The van der Waals surface area contributed by atoms with Crippen LogP contribution in [0.25, 0.3) is 0 Å². The smallest absolute Gasteiger partial charge is 0.407 e. The first kappa shape index (κ1) is 14.7. The van der Waals surface area contributed by atoms with E-state index < -0.39 is 17.7 Å². The molecule has 0 aromatic heterocycles. The molecule has 0 aromatic rings. The first-order valence-electron chi connectivity index (χ1n) is 5.39. The second-order valence-electron chi connectivity index (χ2n) is 4.92. The predicted molar refractivity (Wildman–Crippen MR) is 60.3 cm³/mol. The SMILES string of the molecule is C[C@@H](CCC(=O)O)CNC(=O)OC(C)(C)C. The Morgan fingerprint density at radius 3 is 2.38 bits per heavy atom. The average Bonchev–Trinajstić information content (AvgIpc) is 2.08. The lowest BCUT2D eigenvalue weighted by Crippen LogP contribution is -2.34. The Bertz CT molecular complexity index is 245. The maximum atomic E-state index is 11.3. The summed E-state index contributed by atoms with van der Waals surface area (Å²) in [5.41, 5.74) is -0.506. The van der Waals surface area contributed by atoms with Gasteiger partial charge in [-0.25, -0.2) is 4.79 Å². The Kier molecular flexibility index (Phi) is 5.85. The number of carbonyl (C=O) groups is 2. The van der Waals surface area contributed by atoms with Crippen molar-refractivity contribution in [3.05, 3.63) is 0 Å². The molecule has 0 heterocycles. The van der Waals surface area contributed by atoms with Crippen LogP contribution in [0.2, 0.25) is 0 Å². The Morgan fingerprint density at radius 2 is 1.94 bits per heavy atom. The van der Waals surface area contributed by atoms with Crippen molar-refractivity contribution in [3.63, 3.8) is 0 Å². The third-order valence-corrected chi connectivity index (χ3v) is 1.84. The van der Waals surface area contributed by atoms with Crippen molar-refractivity contribution in [2.24, 2.45) is 5.92 Å². The van der Waals surface area contributed by atoms with Gasteiger partial charge in [-0.15, -0.1) is 0 Å². The van der Waals surface area contributed by atoms with E-state index in [1.807, 2.05) is 6.92 Å². The molecule has 16 heavy (non-hydrogen) atoms. The molecular weight excluding hydrogens is 210 g/mol. The zero-order chi connectivity index (χ0) is 12.8. The Balaban J connectivity index is 3.71. The molecule has 0 unspecified atom stereocenters. The minimum Gasteiger partial charge on any atom is -0.481 e. The van der Waals surface area contributed by atoms with Gasteiger partial charge in [0.2, 0.25) is 0 Å². The molecule has 0 aliphatic rings. The highest BCUT2D eigenvalue weighted by Gasteiger charge is 2.16. The van der Waals surface area contributed by atoms with Crippen LogP contribution in [0.3, 0.4) is 0 Å². The van der Waals surface area contributed by atoms with Gasteiger partial charge in [0.1, 0.15) is 5.60 Å². The van der Waals surface area contributed by atoms with E-state index in [1.54, 1.807) is 20.8 Å². The molecule has 0 saturated heterocycles. The summed E-state index contributed by atoms with van der Waals surface area (Å²) in [6.07, 6.45) is 0.206. The van der Waals surface area contributed by atoms with Gasteiger partial charge in [-0.3, -0.25) is 4.79 Å². The second-order valence-corrected chi connectivity index (χ2v) is 4.92. The summed E-state index contributed by atoms with van der Waals surface area (Å²) in [5.74, 6) is -0.687. The summed E-state index contributed by atoms with van der Waals surface area (Å²) in [5, 5.41) is 11.1. The first-order chi connectivity index (χ1) is 7.20. The molecule has 94 valence electrons. The number of carboxylic acids is 1. The number of carbonyl (C=O) groups excluding carboxylic acids is 1. The second kappa shape index (κ2) is 6.35. The predicted octanol–water partition coefficient (Wildman–Crippen LogP) is 2.01. The Labute approximate surface area is 96.2 Å². The van der Waals surface area contributed by atoms with E-state index >= 15 is 0 Å². The van der Waals surface area contributed by atoms with E-state index in [-0.39, 0.29) is 12.3 Å². The molecule has 0 fully saturated rings. The number of amides is 1. The van der Waals surface area contributed by atoms with Crippen molar-refractivity contribution in [3.8, 4) is 0 Å². The van der Waals surface area contributed by atoms with Gasteiger partial charge in [-0.05, 0) is 33.1 Å². The third-order valence-electron chi connectivity index (χ3n) is 1.84. The van der Waals surface area contributed by atoms with Gasteiger partial charge in [0.25, 0.3) is 0 Å². The number of aliphatic carboxylic acids is 1. The van der Waals surface area contributed by atoms with Crippen molar-refractivity contribution < 1.29 is 19.4 Å². The van der Waals surface area contributed by atoms with Crippen molar-refractivity contribution in [1.82, 2.24) is 5.32 Å². The summed E-state index contributed by atoms with van der Waals surface area (Å²) < 4.78 is 5.05. The molecule has 2 N–H and O–H groups in total. The fourth-order valence-electron chi connectivity index (χ4n) is 1.04. The zero-order valence-electron chi connectivity index (χ0n) is 10.4. The summed E-state index contributed by atoms with van der Waals surface area (Å²) >= 11 is 0. The number of carboxylic acid groups (broad SMARTS) is 1. The number of hydrogen-bond donors (Lipinski definition) is 2. The number of ether oxygens (including phenoxy) is 1. The summed E-state index contributed by atoms with van der Waals surface area (Å²) in [7, 11) is 0. The average molecular weight is 231 g/mol. The molecule has 0 radical (unpaired) electrons. The van der Waals surface area contributed by atoms with E-state index in [4.69, 9.17) is 9.84 Å². The Morgan fingerprint density at radius 1 is 1.38 bits per heavy atom. The number of alkyl carbamates (subject to hydrolysis) is 1. The van der Waals surface area contributed by atoms with E-state index in [2.05, 4.69) is 5.32 Å². The van der Waals surface area contributed by atoms with Gasteiger partial charge in [0.15, 0.2) is 0 Å². The van der Waals surface area contributed by atoms with Crippen molar-refractivity contribution in [2.45, 2.75) is 46.1 Å². The van der Waals surface area contributed by atoms with Crippen LogP contribution in [0.1, 0.15) is 40.5 Å². The van der Waals surface area contributed by atoms with Crippen molar-refractivity contribution in [2.75, 3.05) is 6.54 Å². The maximum Gasteiger partial charge on any atom is 0.407 e. The van der Waals surface area contributed by atoms with Crippen LogP contribution in [-0.4, -0.2) is 29.3 Å². The lowest BCUT2D eigenvalue weighted by Gasteiger charge is -2.20. The standard InChI is InChI=1S/C11H21NO4/c1-8(5-6-9(13)14)7-12-10(15)16-11(2,3)4/h8H,5-7H2,1-4H3,(H,12,15)(H,13,14)/t8-/m0/s1. The van der Waals surface area contributed by atoms with Crippen LogP contribution in [0.5, 0.6) is 0 Å². The van der Waals surface area contributed by atoms with E-state index in [1.165, 1.54) is 0 Å². The minimum atomic E-state index is -0.816. The Hall–Kier alpha value is -1.26. The minimum absolute atomic E-state index is 0.122. The molecule has 5 heteroatoms. The highest BCUT2D eigenvalue weighted by molar-refractivity contribution is 5.68. The molecule has 1 atom stereocenters. The third kappa shape index (κ3) is 9.30. The summed E-state index contributed by atoms with van der Waals surface area (Å²) in [4.78, 5) is 21.6. The van der Waals surface area contributed by atoms with Gasteiger partial charge >= 0.3 is 12.1 Å². The number of nitrogens with one attached hydrogen (secondary N) is 1. The maximum absolute atomic E-state index is 11.3. The monoisotopic (exact) mass is 231 g/mol. The number of rotatable bonds is 5. The van der Waals surface area contributed by atoms with Gasteiger partial charge < -0.3 is 15.2 Å². The fraction of sp³-hybridized carbons (Fsp3) is 0.818. The van der Waals surface area contributed by atoms with Gasteiger partial charge in [0, 0.05) is 13.0 Å². The molecule has 1 amide bonds. The lowest BCUT2D eigenvalue weighted by molar-refractivity contribution is -0.137. The molecule has 0 aliphatic carbocycles. The van der Waals surface area contributed by atoms with Crippen LogP contribution < -0.4 is 5.32 Å². The molecular formula is C11H21NO4. The largest absolute Gasteiger partial charge is 0.481 e. The van der Waals surface area contributed by atoms with E-state index in [0.29, 0.717) is 13.0 Å². The van der Waals surface area contributed by atoms with Crippen molar-refractivity contribution >= 4 is 12.1 Å². The van der Waals surface area contributed by atoms with Crippen LogP contribution in [0.15, 0.2) is 0 Å². The van der Waals surface area contributed by atoms with E-state index in [9.17, 15) is 9.59 Å². The molecule has 0 aliphatic heterocycles. The van der Waals surface area contributed by atoms with E-state index in [0.717, 1.165) is 0 Å². The van der Waals surface area contributed by atoms with Crippen LogP contribution >= 0.6 is 0 Å². The van der Waals surface area contributed by atoms with Gasteiger partial charge in [-0.1, -0.05) is 6.92 Å². The molecule has 0 spiro atoms. The normalized spacial score (nSPS) is 13.0. The lowest BCUT2D eigenvalue weighted by atomic mass is 10.1. The number of hydrogen-bond acceptors (Lipinski definition) is 3. The molecule has 0 saturated carbocycles. The first-order valence-corrected chi connectivity index (χ1v) is 5.39. The summed E-state index contributed by atoms with van der Waals surface area (Å²) in [6, 6.07) is 0. The molecule has 5 nitrogen and oxygen atoms in total. The van der Waals surface area contributed by atoms with Crippen LogP contribution in [0, 0.1) is 5.92 Å². The van der Waals surface area contributed by atoms with Gasteiger partial charge in [0.05, 0.1) is 0 Å². The van der Waals surface area contributed by atoms with Crippen LogP contribution in [0.4, 0.5) is 4.79 Å². The van der Waals surface area contributed by atoms with Crippen LogP contribution in [-0.2, 0) is 9.53 Å². The van der Waals surface area contributed by atoms with Crippen molar-refractivity contribution in [1.29, 1.82) is 0 Å². The molecule has 0 aromatic carbocycles. The highest BCUT2D eigenvalue weighted by Crippen LogP contribution is 2.07. The summed E-state index contributed by atoms with van der Waals surface area (Å²) in [6.45, 7) is 7.70. The zero-order valence-corrected chi connectivity index (χ0v) is 10.4. The highest BCUT2D eigenvalue weighted by atomic mass is 16.6. The molecule has 0 bridgehead atoms.